The Kier molecular flexibility index (Phi) is 10.9. The van der Waals surface area contributed by atoms with E-state index in [0.717, 1.165) is 36.0 Å². The van der Waals surface area contributed by atoms with Crippen LogP contribution < -0.4 is 10.1 Å². The van der Waals surface area contributed by atoms with E-state index >= 15 is 0 Å². The number of carboxylic acid groups (broad SMARTS) is 1. The number of hydrogen-bond acceptors (Lipinski definition) is 6. The van der Waals surface area contributed by atoms with Gasteiger partial charge in [-0.05, 0) is 110 Å². The summed E-state index contributed by atoms with van der Waals surface area (Å²) in [6.45, 7) is 6.44. The van der Waals surface area contributed by atoms with Crippen LogP contribution in [0.2, 0.25) is 0 Å². The van der Waals surface area contributed by atoms with Gasteiger partial charge in [0.05, 0.1) is 18.1 Å². The fraction of sp³-hybridized carbons (Fsp3) is 0.457. The lowest BCUT2D eigenvalue weighted by atomic mass is 9.88. The molecule has 9 heteroatoms. The normalized spacial score (nSPS) is 14.5. The van der Waals surface area contributed by atoms with Crippen LogP contribution in [0, 0.1) is 5.92 Å². The van der Waals surface area contributed by atoms with Crippen LogP contribution in [0.5, 0.6) is 5.75 Å². The molecule has 0 spiro atoms. The van der Waals surface area contributed by atoms with Gasteiger partial charge in [0.15, 0.2) is 0 Å². The summed E-state index contributed by atoms with van der Waals surface area (Å²) in [4.78, 5) is 11.3. The molecule has 0 heterocycles. The highest BCUT2D eigenvalue weighted by Gasteiger charge is 2.30. The number of aliphatic carboxylic acids is 1. The third-order valence-electron chi connectivity index (χ3n) is 8.57. The highest BCUT2D eigenvalue weighted by atomic mass is 32.2. The van der Waals surface area contributed by atoms with Crippen LogP contribution in [0.15, 0.2) is 65.6 Å². The molecule has 3 aromatic carbocycles. The highest BCUT2D eigenvalue weighted by Crippen LogP contribution is 2.33. The Hall–Kier alpha value is -3.24. The van der Waals surface area contributed by atoms with Gasteiger partial charge in [-0.25, -0.2) is 8.42 Å². The molecule has 1 aliphatic carbocycles. The fourth-order valence-corrected chi connectivity index (χ4v) is 7.77. The Bertz CT molecular complexity index is 1540. The van der Waals surface area contributed by atoms with Crippen molar-refractivity contribution in [2.45, 2.75) is 75.8 Å². The van der Waals surface area contributed by atoms with Crippen molar-refractivity contribution in [3.8, 4) is 16.9 Å². The van der Waals surface area contributed by atoms with Gasteiger partial charge in [-0.15, -0.1) is 0 Å². The number of nitrogens with zero attached hydrogens (tertiary/aromatic N) is 1. The van der Waals surface area contributed by atoms with E-state index < -0.39 is 22.1 Å². The number of β-amino-alcohol motifs (C(OH)–C–C–N with tert-alkyl or cyclic N) is 1. The maximum Gasteiger partial charge on any atom is 0.303 e. The number of aliphatic hydroxyl groups is 1. The zero-order chi connectivity index (χ0) is 32.1. The van der Waals surface area contributed by atoms with Crippen molar-refractivity contribution >= 4 is 16.0 Å². The number of methoxy groups -OCH3 is 1. The first-order valence-electron chi connectivity index (χ1n) is 15.3. The molecular weight excluding hydrogens is 576 g/mol. The zero-order valence-corrected chi connectivity index (χ0v) is 27.3. The third kappa shape index (κ3) is 8.27. The number of benzene rings is 3. The molecule has 3 N–H and O–H groups in total. The van der Waals surface area contributed by atoms with Gasteiger partial charge < -0.3 is 20.3 Å². The molecule has 8 nitrogen and oxygen atoms in total. The van der Waals surface area contributed by atoms with E-state index in [1.807, 2.05) is 25.1 Å². The summed E-state index contributed by atoms with van der Waals surface area (Å²) in [7, 11) is -0.801. The van der Waals surface area contributed by atoms with Crippen molar-refractivity contribution in [3.05, 3.63) is 82.9 Å². The van der Waals surface area contributed by atoms with Crippen molar-refractivity contribution in [2.75, 3.05) is 27.2 Å². The number of rotatable bonds is 15. The van der Waals surface area contributed by atoms with Crippen LogP contribution in [-0.2, 0) is 40.5 Å². The first-order valence-corrected chi connectivity index (χ1v) is 16.7. The second kappa shape index (κ2) is 14.2. The molecule has 4 rings (SSSR count). The van der Waals surface area contributed by atoms with Crippen molar-refractivity contribution in [1.29, 1.82) is 0 Å². The van der Waals surface area contributed by atoms with E-state index in [-0.39, 0.29) is 29.9 Å². The van der Waals surface area contributed by atoms with Gasteiger partial charge in [-0.2, -0.15) is 4.31 Å². The van der Waals surface area contributed by atoms with E-state index in [9.17, 15) is 18.3 Å². The number of ether oxygens (including phenoxy) is 1. The second-order valence-corrected chi connectivity index (χ2v) is 14.6. The maximum atomic E-state index is 13.6. The summed E-state index contributed by atoms with van der Waals surface area (Å²) in [5, 5.41) is 23.4. The molecule has 1 aliphatic rings. The minimum atomic E-state index is -3.86. The van der Waals surface area contributed by atoms with Crippen LogP contribution in [0.1, 0.15) is 55.9 Å². The van der Waals surface area contributed by atoms with E-state index in [1.165, 1.54) is 22.5 Å². The predicted octanol–water partition coefficient (Wildman–Crippen LogP) is 5.10. The van der Waals surface area contributed by atoms with Gasteiger partial charge in [-0.1, -0.05) is 43.3 Å². The molecule has 0 aromatic heterocycles. The SMILES string of the molecule is CCc1cc(-c2ccc(OC)c(CCC(=O)O)c2)ccc1S(=O)(=O)N(C)CC(O)CNC(C)(C)CC1Cc2ccccc2C1. The zero-order valence-electron chi connectivity index (χ0n) is 26.5. The average molecular weight is 623 g/mol. The molecule has 1 atom stereocenters. The summed E-state index contributed by atoms with van der Waals surface area (Å²) in [6, 6.07) is 19.4. The Morgan fingerprint density at radius 2 is 1.66 bits per heavy atom. The van der Waals surface area contributed by atoms with Gasteiger partial charge >= 0.3 is 5.97 Å². The van der Waals surface area contributed by atoms with E-state index in [4.69, 9.17) is 9.84 Å². The number of carbonyl (C=O) groups is 1. The van der Waals surface area contributed by atoms with Gasteiger partial charge in [-0.3, -0.25) is 4.79 Å². The molecule has 0 aliphatic heterocycles. The van der Waals surface area contributed by atoms with Gasteiger partial charge in [0.2, 0.25) is 10.0 Å². The monoisotopic (exact) mass is 622 g/mol. The number of aliphatic hydroxyl groups excluding tert-OH is 1. The molecule has 0 saturated heterocycles. The summed E-state index contributed by atoms with van der Waals surface area (Å²) in [6.07, 6.45) is 3.03. The van der Waals surface area contributed by atoms with Crippen molar-refractivity contribution < 1.29 is 28.2 Å². The Morgan fingerprint density at radius 3 is 2.25 bits per heavy atom. The number of carboxylic acids is 1. The standard InChI is InChI=1S/C35H46N2O6S/c1-6-25-19-29(28-11-14-32(43-5)30(20-28)13-16-34(39)40)12-15-33(25)44(41,42)37(4)23-31(38)22-36-35(2,3)21-24-17-26-9-7-8-10-27(26)18-24/h7-12,14-15,19-20,24,31,36,38H,6,13,16-18,21-23H2,1-5H3,(H,39,40). The van der Waals surface area contributed by atoms with Crippen molar-refractivity contribution in [2.24, 2.45) is 5.92 Å². The molecule has 0 fully saturated rings. The number of hydrogen-bond donors (Lipinski definition) is 3. The Balaban J connectivity index is 1.40. The highest BCUT2D eigenvalue weighted by molar-refractivity contribution is 7.89. The van der Waals surface area contributed by atoms with Crippen LogP contribution in [0.25, 0.3) is 11.1 Å². The lowest BCUT2D eigenvalue weighted by Crippen LogP contribution is -2.47. The van der Waals surface area contributed by atoms with Crippen LogP contribution in [0.4, 0.5) is 0 Å². The molecular formula is C35H46N2O6S. The summed E-state index contributed by atoms with van der Waals surface area (Å²) >= 11 is 0. The van der Waals surface area contributed by atoms with Gasteiger partial charge in [0, 0.05) is 32.1 Å². The minimum Gasteiger partial charge on any atom is -0.496 e. The summed E-state index contributed by atoms with van der Waals surface area (Å²) < 4.78 is 33.9. The molecule has 238 valence electrons. The van der Waals surface area contributed by atoms with E-state index in [2.05, 4.69) is 43.4 Å². The molecule has 0 amide bonds. The molecule has 0 bridgehead atoms. The van der Waals surface area contributed by atoms with Crippen molar-refractivity contribution in [3.63, 3.8) is 0 Å². The number of sulfonamides is 1. The topological polar surface area (TPSA) is 116 Å². The van der Waals surface area contributed by atoms with E-state index in [1.54, 1.807) is 25.3 Å². The Morgan fingerprint density at radius 1 is 1.05 bits per heavy atom. The van der Waals surface area contributed by atoms with Gasteiger partial charge in [0.25, 0.3) is 0 Å². The quantitative estimate of drug-likeness (QED) is 0.216. The smallest absolute Gasteiger partial charge is 0.303 e. The lowest BCUT2D eigenvalue weighted by molar-refractivity contribution is -0.136. The largest absolute Gasteiger partial charge is 0.496 e. The first-order chi connectivity index (χ1) is 20.8. The van der Waals surface area contributed by atoms with Gasteiger partial charge in [0.1, 0.15) is 5.75 Å². The third-order valence-corrected chi connectivity index (χ3v) is 10.5. The number of fused-ring (bicyclic) bond motifs is 1. The first kappa shape index (κ1) is 33.6. The number of aryl methyl sites for hydroxylation is 2. The van der Waals surface area contributed by atoms with Crippen LogP contribution in [-0.4, -0.2) is 67.8 Å². The van der Waals surface area contributed by atoms with E-state index in [0.29, 0.717) is 30.1 Å². The summed E-state index contributed by atoms with van der Waals surface area (Å²) in [5.41, 5.74) is 5.77. The maximum absolute atomic E-state index is 13.6. The number of likely N-dealkylation sites (N-methyl/N-ethyl adjacent to an activating group) is 1. The van der Waals surface area contributed by atoms with Crippen LogP contribution >= 0.6 is 0 Å². The fourth-order valence-electron chi connectivity index (χ4n) is 6.29. The molecule has 0 radical (unpaired) electrons. The second-order valence-electron chi connectivity index (χ2n) is 12.5. The minimum absolute atomic E-state index is 0.0162. The summed E-state index contributed by atoms with van der Waals surface area (Å²) in [5.74, 6) is 0.274. The Labute approximate surface area is 262 Å². The lowest BCUT2D eigenvalue weighted by Gasteiger charge is -2.31. The molecule has 1 unspecified atom stereocenters. The molecule has 44 heavy (non-hydrogen) atoms. The number of nitrogens with one attached hydrogen (secondary N) is 1. The average Bonchev–Trinajstić information content (AvgIpc) is 3.40. The van der Waals surface area contributed by atoms with Crippen molar-refractivity contribution in [1.82, 2.24) is 9.62 Å². The van der Waals surface area contributed by atoms with Crippen LogP contribution in [0.3, 0.4) is 0 Å². The molecule has 3 aromatic rings. The molecule has 0 saturated carbocycles. The predicted molar refractivity (Wildman–Crippen MR) is 174 cm³/mol.